The number of anilines is 1. The van der Waals surface area contributed by atoms with Gasteiger partial charge in [0.15, 0.2) is 0 Å². The predicted molar refractivity (Wildman–Crippen MR) is 116 cm³/mol. The lowest BCUT2D eigenvalue weighted by Crippen LogP contribution is -2.21. The molecule has 3 aromatic carbocycles. The first-order valence-electron chi connectivity index (χ1n) is 8.73. The highest BCUT2D eigenvalue weighted by molar-refractivity contribution is 9.10. The molecule has 0 spiro atoms. The molecule has 0 fully saturated rings. The quantitative estimate of drug-likeness (QED) is 0.313. The van der Waals surface area contributed by atoms with E-state index in [1.165, 1.54) is 29.3 Å². The van der Waals surface area contributed by atoms with Crippen molar-refractivity contribution in [2.75, 3.05) is 5.01 Å². The minimum absolute atomic E-state index is 0.0439. The van der Waals surface area contributed by atoms with Crippen molar-refractivity contribution >= 4 is 45.0 Å². The maximum atomic E-state index is 13.2. The van der Waals surface area contributed by atoms with Crippen LogP contribution in [-0.4, -0.2) is 16.5 Å². The number of non-ortho nitro benzene ring substituents is 1. The molecule has 0 atom stereocenters. The van der Waals surface area contributed by atoms with E-state index in [0.29, 0.717) is 17.0 Å². The maximum Gasteiger partial charge on any atom is 0.281 e. The van der Waals surface area contributed by atoms with Crippen molar-refractivity contribution in [2.45, 2.75) is 0 Å². The van der Waals surface area contributed by atoms with Gasteiger partial charge in [-0.15, -0.1) is 0 Å². The van der Waals surface area contributed by atoms with Crippen molar-refractivity contribution in [3.63, 3.8) is 0 Å². The van der Waals surface area contributed by atoms with Crippen LogP contribution in [0.2, 0.25) is 0 Å². The van der Waals surface area contributed by atoms with Crippen LogP contribution >= 0.6 is 15.9 Å². The summed E-state index contributed by atoms with van der Waals surface area (Å²) >= 11 is 3.44. The molecule has 0 saturated heterocycles. The molecule has 1 aliphatic heterocycles. The Morgan fingerprint density at radius 2 is 1.69 bits per heavy atom. The Balaban J connectivity index is 1.79. The van der Waals surface area contributed by atoms with Gasteiger partial charge in [-0.25, -0.2) is 0 Å². The van der Waals surface area contributed by atoms with Crippen LogP contribution in [0.3, 0.4) is 0 Å². The van der Waals surface area contributed by atoms with Crippen LogP contribution in [0.5, 0.6) is 0 Å². The SMILES string of the molecule is O=C1/C(=C/c2cccc(Br)c2)C(c2ccccc2)=NN1c1ccc([N+](=O)[O-])cc1. The number of nitrogens with zero attached hydrogens (tertiary/aromatic N) is 3. The molecule has 0 aliphatic carbocycles. The van der Waals surface area contributed by atoms with Gasteiger partial charge in [0.05, 0.1) is 16.2 Å². The lowest BCUT2D eigenvalue weighted by Gasteiger charge is -2.11. The van der Waals surface area contributed by atoms with Crippen LogP contribution in [0.4, 0.5) is 11.4 Å². The van der Waals surface area contributed by atoms with E-state index in [1.807, 2.05) is 54.6 Å². The van der Waals surface area contributed by atoms with Crippen molar-refractivity contribution in [3.8, 4) is 0 Å². The van der Waals surface area contributed by atoms with E-state index < -0.39 is 4.92 Å². The molecule has 0 unspecified atom stereocenters. The number of hydrazone groups is 1. The van der Waals surface area contributed by atoms with E-state index in [4.69, 9.17) is 0 Å². The molecule has 0 saturated carbocycles. The Hall–Kier alpha value is -3.58. The number of hydrogen-bond acceptors (Lipinski definition) is 4. The molecular formula is C22H14BrN3O3. The van der Waals surface area contributed by atoms with E-state index in [-0.39, 0.29) is 11.6 Å². The van der Waals surface area contributed by atoms with Crippen molar-refractivity contribution in [3.05, 3.63) is 110 Å². The first-order chi connectivity index (χ1) is 14.0. The Bertz CT molecular complexity index is 1160. The van der Waals surface area contributed by atoms with Gasteiger partial charge in [0.25, 0.3) is 11.6 Å². The Labute approximate surface area is 175 Å². The average Bonchev–Trinajstić information content (AvgIpc) is 3.05. The normalized spacial score (nSPS) is 14.9. The number of carbonyl (C=O) groups excluding carboxylic acids is 1. The van der Waals surface area contributed by atoms with Crippen LogP contribution < -0.4 is 5.01 Å². The van der Waals surface area contributed by atoms with Crippen LogP contribution in [0.15, 0.2) is 94.0 Å². The molecule has 1 amide bonds. The monoisotopic (exact) mass is 447 g/mol. The highest BCUT2D eigenvalue weighted by Crippen LogP contribution is 2.29. The summed E-state index contributed by atoms with van der Waals surface area (Å²) in [5.74, 6) is -0.294. The summed E-state index contributed by atoms with van der Waals surface area (Å²) in [4.78, 5) is 23.6. The molecule has 1 heterocycles. The molecule has 0 aromatic heterocycles. The number of nitro benzene ring substituents is 1. The second-order valence-corrected chi connectivity index (χ2v) is 7.23. The topological polar surface area (TPSA) is 75.8 Å². The molecule has 7 heteroatoms. The summed E-state index contributed by atoms with van der Waals surface area (Å²) in [7, 11) is 0. The minimum atomic E-state index is -0.479. The fourth-order valence-electron chi connectivity index (χ4n) is 3.01. The van der Waals surface area contributed by atoms with Crippen LogP contribution in [0.25, 0.3) is 6.08 Å². The van der Waals surface area contributed by atoms with E-state index in [1.54, 1.807) is 6.08 Å². The zero-order chi connectivity index (χ0) is 20.4. The fraction of sp³-hybridized carbons (Fsp3) is 0. The molecule has 0 bridgehead atoms. The first kappa shape index (κ1) is 18.8. The van der Waals surface area contributed by atoms with Crippen molar-refractivity contribution < 1.29 is 9.72 Å². The fourth-order valence-corrected chi connectivity index (χ4v) is 3.42. The molecule has 6 nitrogen and oxygen atoms in total. The maximum absolute atomic E-state index is 13.2. The van der Waals surface area contributed by atoms with Crippen molar-refractivity contribution in [1.29, 1.82) is 0 Å². The van der Waals surface area contributed by atoms with Gasteiger partial charge in [-0.2, -0.15) is 10.1 Å². The highest BCUT2D eigenvalue weighted by atomic mass is 79.9. The minimum Gasteiger partial charge on any atom is -0.267 e. The Kier molecular flexibility index (Phi) is 5.05. The van der Waals surface area contributed by atoms with E-state index in [0.717, 1.165) is 15.6 Å². The second-order valence-electron chi connectivity index (χ2n) is 6.32. The lowest BCUT2D eigenvalue weighted by atomic mass is 10.0. The van der Waals surface area contributed by atoms with Gasteiger partial charge in [-0.3, -0.25) is 14.9 Å². The molecule has 0 N–H and O–H groups in total. The predicted octanol–water partition coefficient (Wildman–Crippen LogP) is 5.19. The van der Waals surface area contributed by atoms with Gasteiger partial charge in [0, 0.05) is 22.2 Å². The van der Waals surface area contributed by atoms with Gasteiger partial charge in [-0.05, 0) is 35.9 Å². The number of hydrogen-bond donors (Lipinski definition) is 0. The van der Waals surface area contributed by atoms with E-state index in [9.17, 15) is 14.9 Å². The number of benzene rings is 3. The molecule has 142 valence electrons. The Morgan fingerprint density at radius 1 is 0.966 bits per heavy atom. The summed E-state index contributed by atoms with van der Waals surface area (Å²) in [5, 5.41) is 16.7. The van der Waals surface area contributed by atoms with E-state index >= 15 is 0 Å². The average molecular weight is 448 g/mol. The number of carbonyl (C=O) groups is 1. The first-order valence-corrected chi connectivity index (χ1v) is 9.53. The summed E-state index contributed by atoms with van der Waals surface area (Å²) in [5.41, 5.74) is 3.09. The zero-order valence-electron chi connectivity index (χ0n) is 15.0. The van der Waals surface area contributed by atoms with Crippen LogP contribution in [0.1, 0.15) is 11.1 Å². The lowest BCUT2D eigenvalue weighted by molar-refractivity contribution is -0.384. The smallest absolute Gasteiger partial charge is 0.267 e. The third kappa shape index (κ3) is 3.86. The van der Waals surface area contributed by atoms with Crippen LogP contribution in [0, 0.1) is 10.1 Å². The standard InChI is InChI=1S/C22H14BrN3O3/c23-17-8-4-5-15(13-17)14-20-21(16-6-2-1-3-7-16)24-25(22(20)27)18-9-11-19(12-10-18)26(28)29/h1-14H/b20-14+. The molecule has 1 aliphatic rings. The molecular weight excluding hydrogens is 434 g/mol. The van der Waals surface area contributed by atoms with Gasteiger partial charge in [-0.1, -0.05) is 58.4 Å². The molecule has 0 radical (unpaired) electrons. The summed E-state index contributed by atoms with van der Waals surface area (Å²) in [6, 6.07) is 22.8. The van der Waals surface area contributed by atoms with Crippen molar-refractivity contribution in [1.82, 2.24) is 0 Å². The van der Waals surface area contributed by atoms with Crippen LogP contribution in [-0.2, 0) is 4.79 Å². The number of nitro groups is 1. The van der Waals surface area contributed by atoms with Gasteiger partial charge in [0.2, 0.25) is 0 Å². The van der Waals surface area contributed by atoms with Crippen molar-refractivity contribution in [2.24, 2.45) is 5.10 Å². The number of halogens is 1. The summed E-state index contributed by atoms with van der Waals surface area (Å²) in [6.07, 6.45) is 1.80. The number of rotatable bonds is 4. The molecule has 4 rings (SSSR count). The second kappa shape index (κ2) is 7.81. The number of amides is 1. The third-order valence-corrected chi connectivity index (χ3v) is 4.88. The Morgan fingerprint density at radius 3 is 2.34 bits per heavy atom. The highest BCUT2D eigenvalue weighted by Gasteiger charge is 2.32. The summed E-state index contributed by atoms with van der Waals surface area (Å²) in [6.45, 7) is 0. The largest absolute Gasteiger partial charge is 0.281 e. The molecule has 29 heavy (non-hydrogen) atoms. The molecule has 3 aromatic rings. The third-order valence-electron chi connectivity index (χ3n) is 4.39. The zero-order valence-corrected chi connectivity index (χ0v) is 16.6. The summed E-state index contributed by atoms with van der Waals surface area (Å²) < 4.78 is 0.905. The van der Waals surface area contributed by atoms with Gasteiger partial charge < -0.3 is 0 Å². The van der Waals surface area contributed by atoms with Gasteiger partial charge in [0.1, 0.15) is 5.71 Å². The van der Waals surface area contributed by atoms with E-state index in [2.05, 4.69) is 21.0 Å². The van der Waals surface area contributed by atoms with Gasteiger partial charge >= 0.3 is 0 Å².